The molecular weight excluding hydrogens is 188 g/mol. The molecule has 15 heavy (non-hydrogen) atoms. The van der Waals surface area contributed by atoms with E-state index in [1.807, 2.05) is 37.3 Å². The van der Waals surface area contributed by atoms with Crippen LogP contribution in [0.4, 0.5) is 0 Å². The molecular formula is C12H18N2O. The molecule has 1 amide bonds. The second-order valence-electron chi connectivity index (χ2n) is 3.71. The van der Waals surface area contributed by atoms with E-state index in [0.717, 1.165) is 5.56 Å². The molecule has 0 spiro atoms. The molecule has 3 heteroatoms. The molecule has 0 aromatic heterocycles. The number of nitrogens with one attached hydrogen (secondary N) is 1. The van der Waals surface area contributed by atoms with Crippen LogP contribution in [-0.4, -0.2) is 18.5 Å². The molecule has 0 fully saturated rings. The first kappa shape index (κ1) is 11.7. The molecule has 0 aliphatic rings. The van der Waals surface area contributed by atoms with Crippen LogP contribution in [0.1, 0.15) is 18.9 Å². The molecule has 1 aromatic rings. The summed E-state index contributed by atoms with van der Waals surface area (Å²) in [7, 11) is 1.78. The summed E-state index contributed by atoms with van der Waals surface area (Å²) in [5.41, 5.74) is 5.93. The minimum Gasteiger partial charge on any atom is -0.368 e. The van der Waals surface area contributed by atoms with Gasteiger partial charge >= 0.3 is 0 Å². The molecule has 0 aliphatic heterocycles. The molecule has 0 saturated carbocycles. The molecule has 1 rings (SSSR count). The SMILES string of the molecule is CCC(Cc1ccccc1)(NC)C(N)=O. The summed E-state index contributed by atoms with van der Waals surface area (Å²) >= 11 is 0. The van der Waals surface area contributed by atoms with E-state index in [-0.39, 0.29) is 5.91 Å². The van der Waals surface area contributed by atoms with Crippen molar-refractivity contribution in [1.82, 2.24) is 5.32 Å². The number of primary amides is 1. The number of benzene rings is 1. The Bertz CT molecular complexity index is 318. The van der Waals surface area contributed by atoms with E-state index >= 15 is 0 Å². The third-order valence-electron chi connectivity index (χ3n) is 2.90. The molecule has 0 heterocycles. The van der Waals surface area contributed by atoms with Crippen molar-refractivity contribution in [3.05, 3.63) is 35.9 Å². The summed E-state index contributed by atoms with van der Waals surface area (Å²) in [6.45, 7) is 1.96. The van der Waals surface area contributed by atoms with Gasteiger partial charge in [-0.05, 0) is 25.5 Å². The highest BCUT2D eigenvalue weighted by atomic mass is 16.1. The van der Waals surface area contributed by atoms with Gasteiger partial charge in [-0.2, -0.15) is 0 Å². The van der Waals surface area contributed by atoms with E-state index in [4.69, 9.17) is 5.73 Å². The molecule has 3 N–H and O–H groups in total. The Balaban J connectivity index is 2.89. The average molecular weight is 206 g/mol. The van der Waals surface area contributed by atoms with Crippen LogP contribution in [0.25, 0.3) is 0 Å². The smallest absolute Gasteiger partial charge is 0.238 e. The standard InChI is InChI=1S/C12H18N2O/c1-3-12(14-2,11(13)15)9-10-7-5-4-6-8-10/h4-8,14H,3,9H2,1-2H3,(H2,13,15). The highest BCUT2D eigenvalue weighted by Crippen LogP contribution is 2.16. The number of likely N-dealkylation sites (N-methyl/N-ethyl adjacent to an activating group) is 1. The summed E-state index contributed by atoms with van der Waals surface area (Å²) in [6, 6.07) is 9.90. The number of carbonyl (C=O) groups excluding carboxylic acids is 1. The zero-order valence-electron chi connectivity index (χ0n) is 9.29. The highest BCUT2D eigenvalue weighted by Gasteiger charge is 2.32. The molecule has 3 nitrogen and oxygen atoms in total. The van der Waals surface area contributed by atoms with Gasteiger partial charge in [0.25, 0.3) is 0 Å². The predicted octanol–water partition coefficient (Wildman–Crippen LogP) is 1.08. The van der Waals surface area contributed by atoms with E-state index < -0.39 is 5.54 Å². The second-order valence-corrected chi connectivity index (χ2v) is 3.71. The van der Waals surface area contributed by atoms with Gasteiger partial charge in [0.1, 0.15) is 5.54 Å². The molecule has 0 saturated heterocycles. The second kappa shape index (κ2) is 4.94. The van der Waals surface area contributed by atoms with Crippen LogP contribution in [0.2, 0.25) is 0 Å². The van der Waals surface area contributed by atoms with E-state index in [1.54, 1.807) is 7.05 Å². The van der Waals surface area contributed by atoms with Gasteiger partial charge in [0, 0.05) is 0 Å². The number of amides is 1. The van der Waals surface area contributed by atoms with Crippen LogP contribution in [0.5, 0.6) is 0 Å². The zero-order valence-corrected chi connectivity index (χ0v) is 9.29. The van der Waals surface area contributed by atoms with Crippen LogP contribution in [0.3, 0.4) is 0 Å². The van der Waals surface area contributed by atoms with Crippen LogP contribution in [0, 0.1) is 0 Å². The van der Waals surface area contributed by atoms with Crippen molar-refractivity contribution in [2.45, 2.75) is 25.3 Å². The minimum absolute atomic E-state index is 0.295. The van der Waals surface area contributed by atoms with Crippen molar-refractivity contribution in [1.29, 1.82) is 0 Å². The van der Waals surface area contributed by atoms with Crippen molar-refractivity contribution in [3.63, 3.8) is 0 Å². The fraction of sp³-hybridized carbons (Fsp3) is 0.417. The molecule has 0 radical (unpaired) electrons. The number of carbonyl (C=O) groups is 1. The molecule has 1 unspecified atom stereocenters. The van der Waals surface area contributed by atoms with Crippen LogP contribution in [0.15, 0.2) is 30.3 Å². The summed E-state index contributed by atoms with van der Waals surface area (Å²) in [5.74, 6) is -0.295. The van der Waals surface area contributed by atoms with Gasteiger partial charge < -0.3 is 11.1 Å². The Labute approximate surface area is 90.7 Å². The van der Waals surface area contributed by atoms with Crippen molar-refractivity contribution in [2.75, 3.05) is 7.05 Å². The predicted molar refractivity (Wildman–Crippen MR) is 61.4 cm³/mol. The summed E-state index contributed by atoms with van der Waals surface area (Å²) in [4.78, 5) is 11.4. The largest absolute Gasteiger partial charge is 0.368 e. The van der Waals surface area contributed by atoms with Gasteiger partial charge in [0.05, 0.1) is 0 Å². The lowest BCUT2D eigenvalue weighted by Crippen LogP contribution is -2.55. The van der Waals surface area contributed by atoms with Gasteiger partial charge in [-0.1, -0.05) is 37.3 Å². The normalized spacial score (nSPS) is 14.5. The fourth-order valence-corrected chi connectivity index (χ4v) is 1.72. The van der Waals surface area contributed by atoms with Gasteiger partial charge in [0.2, 0.25) is 5.91 Å². The first-order valence-corrected chi connectivity index (χ1v) is 5.17. The zero-order chi connectivity index (χ0) is 11.3. The Morgan fingerprint density at radius 2 is 2.00 bits per heavy atom. The number of hydrogen-bond donors (Lipinski definition) is 2. The molecule has 0 bridgehead atoms. The van der Waals surface area contributed by atoms with E-state index in [2.05, 4.69) is 5.32 Å². The van der Waals surface area contributed by atoms with E-state index in [0.29, 0.717) is 12.8 Å². The molecule has 0 aliphatic carbocycles. The summed E-state index contributed by atoms with van der Waals surface area (Å²) in [6.07, 6.45) is 1.32. The van der Waals surface area contributed by atoms with E-state index in [9.17, 15) is 4.79 Å². The summed E-state index contributed by atoms with van der Waals surface area (Å²) in [5, 5.41) is 3.04. The molecule has 1 atom stereocenters. The topological polar surface area (TPSA) is 55.1 Å². The van der Waals surface area contributed by atoms with E-state index in [1.165, 1.54) is 0 Å². The Hall–Kier alpha value is -1.35. The number of nitrogens with two attached hydrogens (primary N) is 1. The van der Waals surface area contributed by atoms with Crippen molar-refractivity contribution >= 4 is 5.91 Å². The molecule has 1 aromatic carbocycles. The quantitative estimate of drug-likeness (QED) is 0.757. The lowest BCUT2D eigenvalue weighted by molar-refractivity contribution is -0.124. The van der Waals surface area contributed by atoms with Crippen LogP contribution < -0.4 is 11.1 Å². The van der Waals surface area contributed by atoms with Crippen molar-refractivity contribution < 1.29 is 4.79 Å². The Morgan fingerprint density at radius 1 is 1.40 bits per heavy atom. The Kier molecular flexibility index (Phi) is 3.86. The maximum atomic E-state index is 11.4. The maximum Gasteiger partial charge on any atom is 0.238 e. The highest BCUT2D eigenvalue weighted by molar-refractivity contribution is 5.85. The third kappa shape index (κ3) is 2.57. The van der Waals surface area contributed by atoms with Gasteiger partial charge in [-0.15, -0.1) is 0 Å². The lowest BCUT2D eigenvalue weighted by atomic mass is 9.87. The summed E-state index contributed by atoms with van der Waals surface area (Å²) < 4.78 is 0. The van der Waals surface area contributed by atoms with Gasteiger partial charge in [-0.25, -0.2) is 0 Å². The number of rotatable bonds is 5. The average Bonchev–Trinajstić information content (AvgIpc) is 2.27. The van der Waals surface area contributed by atoms with Crippen molar-refractivity contribution in [3.8, 4) is 0 Å². The minimum atomic E-state index is -0.624. The fourth-order valence-electron chi connectivity index (χ4n) is 1.72. The first-order valence-electron chi connectivity index (χ1n) is 5.17. The lowest BCUT2D eigenvalue weighted by Gasteiger charge is -2.29. The van der Waals surface area contributed by atoms with Crippen LogP contribution >= 0.6 is 0 Å². The van der Waals surface area contributed by atoms with Crippen LogP contribution in [-0.2, 0) is 11.2 Å². The maximum absolute atomic E-state index is 11.4. The first-order chi connectivity index (χ1) is 7.14. The third-order valence-corrected chi connectivity index (χ3v) is 2.90. The Morgan fingerprint density at radius 3 is 2.40 bits per heavy atom. The monoisotopic (exact) mass is 206 g/mol. The molecule has 82 valence electrons. The van der Waals surface area contributed by atoms with Gasteiger partial charge in [-0.3, -0.25) is 4.79 Å². The van der Waals surface area contributed by atoms with Gasteiger partial charge in [0.15, 0.2) is 0 Å². The number of hydrogen-bond acceptors (Lipinski definition) is 2. The van der Waals surface area contributed by atoms with Crippen molar-refractivity contribution in [2.24, 2.45) is 5.73 Å².